The van der Waals surface area contributed by atoms with Gasteiger partial charge in [0.15, 0.2) is 0 Å². The first-order valence-corrected chi connectivity index (χ1v) is 8.84. The smallest absolute Gasteiger partial charge is 0.321 e. The quantitative estimate of drug-likeness (QED) is 0.805. The number of likely N-dealkylation sites (tertiary alicyclic amines) is 1. The SMILES string of the molecule is N#Cc1cccc(NC(=O)N2CCC(O)(c3ccc(Br)cc3)CC2)c1. The van der Waals surface area contributed by atoms with Crippen molar-refractivity contribution in [3.63, 3.8) is 0 Å². The van der Waals surface area contributed by atoms with Crippen LogP contribution in [-0.4, -0.2) is 29.1 Å². The molecule has 2 aromatic carbocycles. The largest absolute Gasteiger partial charge is 0.385 e. The van der Waals surface area contributed by atoms with E-state index in [1.165, 1.54) is 0 Å². The number of carbonyl (C=O) groups is 1. The predicted octanol–water partition coefficient (Wildman–Crippen LogP) is 3.84. The molecule has 5 nitrogen and oxygen atoms in total. The molecule has 0 aliphatic carbocycles. The standard InChI is InChI=1S/C19H18BrN3O2/c20-16-6-4-15(5-7-16)19(25)8-10-23(11-9-19)18(24)22-17-3-1-2-14(12-17)13-21/h1-7,12,25H,8-11H2,(H,22,24). The molecule has 1 fully saturated rings. The van der Waals surface area contributed by atoms with Gasteiger partial charge in [0, 0.05) is 23.2 Å². The average Bonchev–Trinajstić information content (AvgIpc) is 2.63. The normalized spacial score (nSPS) is 16.1. The van der Waals surface area contributed by atoms with Gasteiger partial charge in [-0.1, -0.05) is 34.1 Å². The van der Waals surface area contributed by atoms with E-state index < -0.39 is 5.60 Å². The van der Waals surface area contributed by atoms with Gasteiger partial charge in [-0.25, -0.2) is 4.79 Å². The van der Waals surface area contributed by atoms with Crippen LogP contribution in [0.2, 0.25) is 0 Å². The third-order valence-corrected chi connectivity index (χ3v) is 5.03. The third kappa shape index (κ3) is 4.01. The first-order chi connectivity index (χ1) is 12.0. The number of carbonyl (C=O) groups excluding carboxylic acids is 1. The number of aliphatic hydroxyl groups is 1. The summed E-state index contributed by atoms with van der Waals surface area (Å²) in [5.74, 6) is 0. The highest BCUT2D eigenvalue weighted by molar-refractivity contribution is 9.10. The monoisotopic (exact) mass is 399 g/mol. The lowest BCUT2D eigenvalue weighted by Gasteiger charge is -2.38. The molecule has 0 spiro atoms. The number of nitriles is 1. The van der Waals surface area contributed by atoms with Gasteiger partial charge in [-0.05, 0) is 48.7 Å². The van der Waals surface area contributed by atoms with Crippen LogP contribution in [0.4, 0.5) is 10.5 Å². The minimum atomic E-state index is -0.905. The van der Waals surface area contributed by atoms with E-state index in [4.69, 9.17) is 5.26 Å². The van der Waals surface area contributed by atoms with Crippen molar-refractivity contribution in [1.82, 2.24) is 4.90 Å². The Morgan fingerprint density at radius 2 is 1.88 bits per heavy atom. The predicted molar refractivity (Wildman–Crippen MR) is 99.0 cm³/mol. The molecule has 0 radical (unpaired) electrons. The molecular formula is C19H18BrN3O2. The highest BCUT2D eigenvalue weighted by atomic mass is 79.9. The first kappa shape index (κ1) is 17.5. The van der Waals surface area contributed by atoms with Crippen molar-refractivity contribution in [2.75, 3.05) is 18.4 Å². The van der Waals surface area contributed by atoms with Gasteiger partial charge in [-0.15, -0.1) is 0 Å². The summed E-state index contributed by atoms with van der Waals surface area (Å²) in [6.07, 6.45) is 0.973. The van der Waals surface area contributed by atoms with Crippen LogP contribution in [0.5, 0.6) is 0 Å². The molecule has 1 saturated heterocycles. The van der Waals surface area contributed by atoms with Gasteiger partial charge >= 0.3 is 6.03 Å². The maximum atomic E-state index is 12.4. The van der Waals surface area contributed by atoms with Gasteiger partial charge in [0.1, 0.15) is 0 Å². The molecule has 1 aliphatic rings. The lowest BCUT2D eigenvalue weighted by molar-refractivity contribution is -0.0157. The number of amides is 2. The van der Waals surface area contributed by atoms with Crippen molar-refractivity contribution in [2.45, 2.75) is 18.4 Å². The van der Waals surface area contributed by atoms with Crippen LogP contribution in [0.25, 0.3) is 0 Å². The molecule has 0 atom stereocenters. The molecular weight excluding hydrogens is 382 g/mol. The highest BCUT2D eigenvalue weighted by Gasteiger charge is 2.35. The van der Waals surface area contributed by atoms with Gasteiger partial charge in [-0.2, -0.15) is 5.26 Å². The van der Waals surface area contributed by atoms with Crippen LogP contribution >= 0.6 is 15.9 Å². The zero-order valence-electron chi connectivity index (χ0n) is 13.6. The summed E-state index contributed by atoms with van der Waals surface area (Å²) >= 11 is 3.39. The number of urea groups is 1. The second-order valence-electron chi connectivity index (χ2n) is 6.15. The van der Waals surface area contributed by atoms with Crippen LogP contribution in [0.15, 0.2) is 53.0 Å². The van der Waals surface area contributed by atoms with Gasteiger partial charge in [0.05, 0.1) is 17.2 Å². The second kappa shape index (κ2) is 7.26. The van der Waals surface area contributed by atoms with E-state index in [9.17, 15) is 9.90 Å². The number of nitrogens with one attached hydrogen (secondary N) is 1. The Morgan fingerprint density at radius 1 is 1.20 bits per heavy atom. The number of hydrogen-bond donors (Lipinski definition) is 2. The van der Waals surface area contributed by atoms with Crippen LogP contribution in [0.1, 0.15) is 24.0 Å². The van der Waals surface area contributed by atoms with Crippen LogP contribution < -0.4 is 5.32 Å². The van der Waals surface area contributed by atoms with Crippen molar-refractivity contribution in [3.8, 4) is 6.07 Å². The second-order valence-corrected chi connectivity index (χ2v) is 7.06. The number of benzene rings is 2. The molecule has 1 heterocycles. The molecule has 0 saturated carbocycles. The minimum Gasteiger partial charge on any atom is -0.385 e. The van der Waals surface area contributed by atoms with Crippen LogP contribution in [0.3, 0.4) is 0 Å². The average molecular weight is 400 g/mol. The van der Waals surface area contributed by atoms with Crippen molar-refractivity contribution >= 4 is 27.6 Å². The van der Waals surface area contributed by atoms with E-state index in [1.807, 2.05) is 24.3 Å². The van der Waals surface area contributed by atoms with Gasteiger partial charge < -0.3 is 15.3 Å². The maximum absolute atomic E-state index is 12.4. The Kier molecular flexibility index (Phi) is 5.07. The number of nitrogens with zero attached hydrogens (tertiary/aromatic N) is 2. The van der Waals surface area contributed by atoms with Gasteiger partial charge in [0.2, 0.25) is 0 Å². The van der Waals surface area contributed by atoms with Crippen molar-refractivity contribution in [1.29, 1.82) is 5.26 Å². The Hall–Kier alpha value is -2.36. The molecule has 3 rings (SSSR count). The van der Waals surface area contributed by atoms with Crippen LogP contribution in [-0.2, 0) is 5.60 Å². The summed E-state index contributed by atoms with van der Waals surface area (Å²) in [5.41, 5.74) is 1.06. The molecule has 1 aliphatic heterocycles. The summed E-state index contributed by atoms with van der Waals surface area (Å²) in [4.78, 5) is 14.1. The van der Waals surface area contributed by atoms with Gasteiger partial charge in [-0.3, -0.25) is 0 Å². The number of rotatable bonds is 2. The fourth-order valence-corrected chi connectivity index (χ4v) is 3.26. The number of anilines is 1. The van der Waals surface area contributed by atoms with E-state index in [1.54, 1.807) is 29.2 Å². The summed E-state index contributed by atoms with van der Waals surface area (Å²) in [6.45, 7) is 0.937. The van der Waals surface area contributed by atoms with E-state index >= 15 is 0 Å². The van der Waals surface area contributed by atoms with Crippen molar-refractivity contribution in [2.24, 2.45) is 0 Å². The molecule has 6 heteroatoms. The van der Waals surface area contributed by atoms with Crippen molar-refractivity contribution in [3.05, 3.63) is 64.1 Å². The van der Waals surface area contributed by atoms with Crippen molar-refractivity contribution < 1.29 is 9.90 Å². The highest BCUT2D eigenvalue weighted by Crippen LogP contribution is 2.33. The van der Waals surface area contributed by atoms with E-state index in [0.29, 0.717) is 37.2 Å². The van der Waals surface area contributed by atoms with E-state index in [0.717, 1.165) is 10.0 Å². The zero-order valence-corrected chi connectivity index (χ0v) is 15.2. The Balaban J connectivity index is 1.62. The summed E-state index contributed by atoms with van der Waals surface area (Å²) in [5, 5.41) is 22.6. The van der Waals surface area contributed by atoms with Gasteiger partial charge in [0.25, 0.3) is 0 Å². The molecule has 0 aromatic heterocycles. The fourth-order valence-electron chi connectivity index (χ4n) is 3.00. The lowest BCUT2D eigenvalue weighted by atomic mass is 9.84. The van der Waals surface area contributed by atoms with E-state index in [-0.39, 0.29) is 6.03 Å². The Morgan fingerprint density at radius 3 is 2.52 bits per heavy atom. The lowest BCUT2D eigenvalue weighted by Crippen LogP contribution is -2.46. The van der Waals surface area contributed by atoms with Crippen LogP contribution in [0, 0.1) is 11.3 Å². The topological polar surface area (TPSA) is 76.4 Å². The molecule has 0 bridgehead atoms. The van der Waals surface area contributed by atoms with E-state index in [2.05, 4.69) is 27.3 Å². The molecule has 25 heavy (non-hydrogen) atoms. The maximum Gasteiger partial charge on any atom is 0.321 e. The number of hydrogen-bond acceptors (Lipinski definition) is 3. The molecule has 2 N–H and O–H groups in total. The molecule has 128 valence electrons. The molecule has 0 unspecified atom stereocenters. The first-order valence-electron chi connectivity index (χ1n) is 8.05. The fraction of sp³-hybridized carbons (Fsp3) is 0.263. The Labute approximate surface area is 155 Å². The minimum absolute atomic E-state index is 0.215. The summed E-state index contributed by atoms with van der Waals surface area (Å²) < 4.78 is 0.969. The molecule has 2 amide bonds. The number of piperidine rings is 1. The molecule has 2 aromatic rings. The zero-order chi connectivity index (χ0) is 17.9. The number of halogens is 1. The summed E-state index contributed by atoms with van der Waals surface area (Å²) in [6, 6.07) is 16.3. The Bertz CT molecular complexity index is 806. The summed E-state index contributed by atoms with van der Waals surface area (Å²) in [7, 11) is 0. The third-order valence-electron chi connectivity index (χ3n) is 4.50.